The Bertz CT molecular complexity index is 924. The van der Waals surface area contributed by atoms with E-state index in [0.717, 1.165) is 0 Å². The zero-order chi connectivity index (χ0) is 23.4. The largest absolute Gasteiger partial charge is 0.522 e. The number of halogens is 5. The molecule has 0 spiro atoms. The van der Waals surface area contributed by atoms with Gasteiger partial charge in [-0.15, -0.1) is 13.2 Å². The predicted molar refractivity (Wildman–Crippen MR) is 103 cm³/mol. The van der Waals surface area contributed by atoms with Gasteiger partial charge in [0.25, 0.3) is 11.8 Å². The summed E-state index contributed by atoms with van der Waals surface area (Å²) in [5.74, 6) is -4.48. The molecule has 1 saturated heterocycles. The van der Waals surface area contributed by atoms with E-state index in [0.29, 0.717) is 0 Å². The smallest absolute Gasteiger partial charge is 0.493 e. The SMILES string of the molecule is COc1cc(C(=O)N2CCC(F)(F)C(c3ccccn3)C2)ccc1OCCOC(F)(F)F. The van der Waals surface area contributed by atoms with Gasteiger partial charge < -0.3 is 14.4 Å². The van der Waals surface area contributed by atoms with Crippen LogP contribution in [0.4, 0.5) is 22.0 Å². The van der Waals surface area contributed by atoms with Crippen molar-refractivity contribution < 1.29 is 41.0 Å². The number of likely N-dealkylation sites (tertiary alicyclic amines) is 1. The van der Waals surface area contributed by atoms with Crippen molar-refractivity contribution in [2.24, 2.45) is 0 Å². The van der Waals surface area contributed by atoms with Gasteiger partial charge in [-0.05, 0) is 30.3 Å². The van der Waals surface area contributed by atoms with Crippen molar-refractivity contribution in [2.45, 2.75) is 24.6 Å². The highest BCUT2D eigenvalue weighted by atomic mass is 19.4. The van der Waals surface area contributed by atoms with Crippen LogP contribution in [0.3, 0.4) is 0 Å². The van der Waals surface area contributed by atoms with Crippen LogP contribution in [-0.4, -0.2) is 61.5 Å². The summed E-state index contributed by atoms with van der Waals surface area (Å²) in [5.41, 5.74) is 0.378. The van der Waals surface area contributed by atoms with Gasteiger partial charge >= 0.3 is 6.36 Å². The highest BCUT2D eigenvalue weighted by Gasteiger charge is 2.46. The molecular weight excluding hydrogens is 439 g/mol. The van der Waals surface area contributed by atoms with Gasteiger partial charge in [-0.25, -0.2) is 8.78 Å². The molecule has 3 rings (SSSR count). The summed E-state index contributed by atoms with van der Waals surface area (Å²) in [6.45, 7) is -1.46. The minimum Gasteiger partial charge on any atom is -0.493 e. The van der Waals surface area contributed by atoms with Gasteiger partial charge in [0, 0.05) is 31.3 Å². The van der Waals surface area contributed by atoms with E-state index in [4.69, 9.17) is 9.47 Å². The van der Waals surface area contributed by atoms with E-state index in [1.807, 2.05) is 0 Å². The van der Waals surface area contributed by atoms with Crippen LogP contribution in [0, 0.1) is 0 Å². The summed E-state index contributed by atoms with van der Waals surface area (Å²) < 4.78 is 79.1. The number of hydrogen-bond acceptors (Lipinski definition) is 5. The molecule has 2 heterocycles. The van der Waals surface area contributed by atoms with Crippen LogP contribution in [-0.2, 0) is 4.74 Å². The fourth-order valence-corrected chi connectivity index (χ4v) is 3.39. The number of methoxy groups -OCH3 is 1. The monoisotopic (exact) mass is 460 g/mol. The molecule has 1 aliphatic rings. The maximum absolute atomic E-state index is 14.5. The first kappa shape index (κ1) is 23.7. The number of carbonyl (C=O) groups is 1. The van der Waals surface area contributed by atoms with Gasteiger partial charge in [-0.3, -0.25) is 14.5 Å². The first-order valence-electron chi connectivity index (χ1n) is 9.70. The van der Waals surface area contributed by atoms with Crippen molar-refractivity contribution in [1.82, 2.24) is 9.88 Å². The minimum absolute atomic E-state index is 0.117. The van der Waals surface area contributed by atoms with E-state index in [9.17, 15) is 26.7 Å². The molecule has 0 radical (unpaired) electrons. The van der Waals surface area contributed by atoms with Gasteiger partial charge in [0.05, 0.1) is 25.3 Å². The number of carbonyl (C=O) groups excluding carboxylic acids is 1. The molecule has 11 heteroatoms. The van der Waals surface area contributed by atoms with E-state index in [-0.39, 0.29) is 35.8 Å². The van der Waals surface area contributed by atoms with E-state index in [1.54, 1.807) is 12.1 Å². The van der Waals surface area contributed by atoms with Crippen LogP contribution >= 0.6 is 0 Å². The van der Waals surface area contributed by atoms with Crippen LogP contribution in [0.15, 0.2) is 42.6 Å². The van der Waals surface area contributed by atoms with Crippen molar-refractivity contribution in [3.8, 4) is 11.5 Å². The highest BCUT2D eigenvalue weighted by Crippen LogP contribution is 2.40. The molecule has 2 aromatic rings. The van der Waals surface area contributed by atoms with E-state index in [1.165, 1.54) is 42.5 Å². The third-order valence-electron chi connectivity index (χ3n) is 4.98. The number of benzene rings is 1. The lowest BCUT2D eigenvalue weighted by molar-refractivity contribution is -0.325. The molecule has 0 N–H and O–H groups in total. The van der Waals surface area contributed by atoms with Gasteiger partial charge in [0.15, 0.2) is 11.5 Å². The van der Waals surface area contributed by atoms with Gasteiger partial charge in [-0.2, -0.15) is 0 Å². The molecule has 0 aliphatic carbocycles. The average molecular weight is 460 g/mol. The summed E-state index contributed by atoms with van der Waals surface area (Å²) in [6, 6.07) is 8.86. The van der Waals surface area contributed by atoms with Gasteiger partial charge in [0.2, 0.25) is 0 Å². The van der Waals surface area contributed by atoms with E-state index < -0.39 is 43.7 Å². The molecule has 1 aromatic heterocycles. The number of ether oxygens (including phenoxy) is 3. The fourth-order valence-electron chi connectivity index (χ4n) is 3.39. The Kier molecular flexibility index (Phi) is 7.17. The number of amides is 1. The third-order valence-corrected chi connectivity index (χ3v) is 4.98. The molecule has 1 amide bonds. The van der Waals surface area contributed by atoms with Crippen molar-refractivity contribution in [2.75, 3.05) is 33.4 Å². The van der Waals surface area contributed by atoms with Crippen LogP contribution in [0.2, 0.25) is 0 Å². The Hall–Kier alpha value is -2.95. The number of aromatic nitrogens is 1. The standard InChI is InChI=1S/C21H21F5N2O4/c1-30-18-12-14(5-6-17(18)31-10-11-32-21(24,25)26)19(29)28-9-7-20(22,23)15(13-28)16-4-2-3-8-27-16/h2-6,8,12,15H,7,9-11,13H2,1H3. The Morgan fingerprint density at radius 1 is 1.19 bits per heavy atom. The third kappa shape index (κ3) is 5.84. The molecule has 0 bridgehead atoms. The topological polar surface area (TPSA) is 60.9 Å². The molecular formula is C21H21F5N2O4. The van der Waals surface area contributed by atoms with Gasteiger partial charge in [0.1, 0.15) is 6.61 Å². The molecule has 1 atom stereocenters. The lowest BCUT2D eigenvalue weighted by atomic mass is 9.89. The Labute approximate surface area is 180 Å². The highest BCUT2D eigenvalue weighted by molar-refractivity contribution is 5.95. The predicted octanol–water partition coefficient (Wildman–Crippen LogP) is 4.27. The first-order chi connectivity index (χ1) is 15.1. The van der Waals surface area contributed by atoms with Crippen molar-refractivity contribution in [1.29, 1.82) is 0 Å². The zero-order valence-electron chi connectivity index (χ0n) is 17.1. The first-order valence-corrected chi connectivity index (χ1v) is 9.70. The minimum atomic E-state index is -4.76. The number of alkyl halides is 5. The fraction of sp³-hybridized carbons (Fsp3) is 0.429. The number of pyridine rings is 1. The van der Waals surface area contributed by atoms with Crippen LogP contribution in [0.1, 0.15) is 28.4 Å². The molecule has 174 valence electrons. The number of piperidine rings is 1. The van der Waals surface area contributed by atoms with Crippen molar-refractivity contribution >= 4 is 5.91 Å². The lowest BCUT2D eigenvalue weighted by Crippen LogP contribution is -2.48. The van der Waals surface area contributed by atoms with Crippen molar-refractivity contribution in [3.05, 3.63) is 53.9 Å². The average Bonchev–Trinajstić information content (AvgIpc) is 2.76. The van der Waals surface area contributed by atoms with Crippen molar-refractivity contribution in [3.63, 3.8) is 0 Å². The normalized spacial score (nSPS) is 18.3. The summed E-state index contributed by atoms with van der Waals surface area (Å²) in [6.07, 6.45) is -3.84. The summed E-state index contributed by atoms with van der Waals surface area (Å²) >= 11 is 0. The number of nitrogens with zero attached hydrogens (tertiary/aromatic N) is 2. The maximum Gasteiger partial charge on any atom is 0.522 e. The molecule has 1 aliphatic heterocycles. The molecule has 1 unspecified atom stereocenters. The van der Waals surface area contributed by atoms with Gasteiger partial charge in [-0.1, -0.05) is 6.07 Å². The van der Waals surface area contributed by atoms with Crippen LogP contribution in [0.5, 0.6) is 11.5 Å². The lowest BCUT2D eigenvalue weighted by Gasteiger charge is -2.38. The Morgan fingerprint density at radius 2 is 1.97 bits per heavy atom. The Balaban J connectivity index is 1.70. The number of rotatable bonds is 7. The molecule has 0 saturated carbocycles. The Morgan fingerprint density at radius 3 is 2.62 bits per heavy atom. The van der Waals surface area contributed by atoms with Crippen LogP contribution in [0.25, 0.3) is 0 Å². The second-order valence-corrected chi connectivity index (χ2v) is 7.08. The van der Waals surface area contributed by atoms with Crippen LogP contribution < -0.4 is 9.47 Å². The summed E-state index contributed by atoms with van der Waals surface area (Å²) in [7, 11) is 1.31. The number of hydrogen-bond donors (Lipinski definition) is 0. The quantitative estimate of drug-likeness (QED) is 0.456. The maximum atomic E-state index is 14.5. The zero-order valence-corrected chi connectivity index (χ0v) is 17.1. The van der Waals surface area contributed by atoms with E-state index in [2.05, 4.69) is 9.72 Å². The second-order valence-electron chi connectivity index (χ2n) is 7.08. The molecule has 1 fully saturated rings. The summed E-state index contributed by atoms with van der Waals surface area (Å²) in [5, 5.41) is 0. The molecule has 6 nitrogen and oxygen atoms in total. The van der Waals surface area contributed by atoms with E-state index >= 15 is 0 Å². The molecule has 32 heavy (non-hydrogen) atoms. The summed E-state index contributed by atoms with van der Waals surface area (Å²) in [4.78, 5) is 18.3. The molecule has 1 aromatic carbocycles. The second kappa shape index (κ2) is 9.68.